The molecule has 88 valence electrons. The Labute approximate surface area is 107 Å². The topological polar surface area (TPSA) is 30.2 Å². The van der Waals surface area contributed by atoms with E-state index in [1.54, 1.807) is 18.2 Å². The van der Waals surface area contributed by atoms with E-state index in [9.17, 15) is 9.18 Å². The van der Waals surface area contributed by atoms with E-state index >= 15 is 0 Å². The molecule has 0 unspecified atom stereocenters. The maximum absolute atomic E-state index is 13.5. The van der Waals surface area contributed by atoms with Gasteiger partial charge in [0.25, 0.3) is 0 Å². The van der Waals surface area contributed by atoms with Crippen molar-refractivity contribution in [2.75, 3.05) is 0 Å². The van der Waals surface area contributed by atoms with E-state index in [-0.39, 0.29) is 17.4 Å². The summed E-state index contributed by atoms with van der Waals surface area (Å²) in [7, 11) is 0. The standard InChI is InChI=1S/C13H10BrFO2/c1-7-5-10(14)11(15)6-9(7)13-4-3-12(17-13)8(2)16/h3-6H,1-2H3. The molecular weight excluding hydrogens is 287 g/mol. The first-order valence-electron chi connectivity index (χ1n) is 5.06. The van der Waals surface area contributed by atoms with Gasteiger partial charge in [-0.25, -0.2) is 4.39 Å². The highest BCUT2D eigenvalue weighted by molar-refractivity contribution is 9.10. The van der Waals surface area contributed by atoms with E-state index in [4.69, 9.17) is 4.42 Å². The van der Waals surface area contributed by atoms with E-state index in [2.05, 4.69) is 15.9 Å². The normalized spacial score (nSPS) is 10.6. The van der Waals surface area contributed by atoms with Crippen LogP contribution in [0.1, 0.15) is 23.0 Å². The molecule has 0 atom stereocenters. The van der Waals surface area contributed by atoms with E-state index < -0.39 is 0 Å². The van der Waals surface area contributed by atoms with Crippen molar-refractivity contribution in [3.63, 3.8) is 0 Å². The molecule has 0 aliphatic heterocycles. The summed E-state index contributed by atoms with van der Waals surface area (Å²) in [6.45, 7) is 3.28. The van der Waals surface area contributed by atoms with Crippen molar-refractivity contribution in [2.24, 2.45) is 0 Å². The maximum atomic E-state index is 13.5. The SMILES string of the molecule is CC(=O)c1ccc(-c2cc(F)c(Br)cc2C)o1. The van der Waals surface area contributed by atoms with Gasteiger partial charge < -0.3 is 4.42 Å². The third kappa shape index (κ3) is 2.31. The molecular formula is C13H10BrFO2. The fraction of sp³-hybridized carbons (Fsp3) is 0.154. The average Bonchev–Trinajstić information content (AvgIpc) is 2.72. The van der Waals surface area contributed by atoms with Gasteiger partial charge in [0.15, 0.2) is 11.5 Å². The number of furan rings is 1. The summed E-state index contributed by atoms with van der Waals surface area (Å²) in [5.74, 6) is 0.277. The molecule has 0 N–H and O–H groups in total. The summed E-state index contributed by atoms with van der Waals surface area (Å²) in [6, 6.07) is 6.34. The predicted octanol–water partition coefficient (Wildman–Crippen LogP) is 4.36. The van der Waals surface area contributed by atoms with E-state index in [0.29, 0.717) is 15.8 Å². The predicted molar refractivity (Wildman–Crippen MR) is 66.5 cm³/mol. The van der Waals surface area contributed by atoms with E-state index in [1.807, 2.05) is 6.92 Å². The number of halogens is 2. The quantitative estimate of drug-likeness (QED) is 0.771. The summed E-state index contributed by atoms with van der Waals surface area (Å²) in [4.78, 5) is 11.1. The fourth-order valence-corrected chi connectivity index (χ4v) is 2.04. The summed E-state index contributed by atoms with van der Waals surface area (Å²) in [5, 5.41) is 0. The summed E-state index contributed by atoms with van der Waals surface area (Å²) in [6.07, 6.45) is 0. The van der Waals surface area contributed by atoms with Crippen LogP contribution in [0, 0.1) is 12.7 Å². The first-order chi connectivity index (χ1) is 7.99. The van der Waals surface area contributed by atoms with Crippen molar-refractivity contribution in [3.8, 4) is 11.3 Å². The smallest absolute Gasteiger partial charge is 0.194 e. The third-order valence-corrected chi connectivity index (χ3v) is 3.09. The van der Waals surface area contributed by atoms with Crippen molar-refractivity contribution >= 4 is 21.7 Å². The Morgan fingerprint density at radius 3 is 2.65 bits per heavy atom. The number of carbonyl (C=O) groups is 1. The summed E-state index contributed by atoms with van der Waals surface area (Å²) in [5.41, 5.74) is 1.53. The number of carbonyl (C=O) groups excluding carboxylic acids is 1. The van der Waals surface area contributed by atoms with Gasteiger partial charge in [0.05, 0.1) is 4.47 Å². The largest absolute Gasteiger partial charge is 0.453 e. The number of hydrogen-bond acceptors (Lipinski definition) is 2. The third-order valence-electron chi connectivity index (χ3n) is 2.49. The minimum atomic E-state index is -0.355. The molecule has 1 heterocycles. The minimum absolute atomic E-state index is 0.147. The Balaban J connectivity index is 2.52. The lowest BCUT2D eigenvalue weighted by molar-refractivity contribution is 0.0988. The molecule has 0 bridgehead atoms. The van der Waals surface area contributed by atoms with E-state index in [1.165, 1.54) is 13.0 Å². The van der Waals surface area contributed by atoms with Crippen molar-refractivity contribution < 1.29 is 13.6 Å². The number of hydrogen-bond donors (Lipinski definition) is 0. The highest BCUT2D eigenvalue weighted by Gasteiger charge is 2.12. The van der Waals surface area contributed by atoms with Crippen molar-refractivity contribution in [1.29, 1.82) is 0 Å². The van der Waals surface area contributed by atoms with Gasteiger partial charge >= 0.3 is 0 Å². The number of ketones is 1. The monoisotopic (exact) mass is 296 g/mol. The van der Waals surface area contributed by atoms with Crippen LogP contribution in [0.15, 0.2) is 33.2 Å². The molecule has 17 heavy (non-hydrogen) atoms. The zero-order valence-corrected chi connectivity index (χ0v) is 11.0. The Kier molecular flexibility index (Phi) is 3.15. The van der Waals surface area contributed by atoms with Gasteiger partial charge in [-0.1, -0.05) is 0 Å². The van der Waals surface area contributed by atoms with Crippen LogP contribution in [0.2, 0.25) is 0 Å². The zero-order valence-electron chi connectivity index (χ0n) is 9.38. The number of Topliss-reactive ketones (excluding diaryl/α,β-unsaturated/α-hetero) is 1. The van der Waals surface area contributed by atoms with Crippen LogP contribution in [0.5, 0.6) is 0 Å². The fourth-order valence-electron chi connectivity index (χ4n) is 1.58. The molecule has 2 aromatic rings. The first-order valence-corrected chi connectivity index (χ1v) is 5.85. The molecule has 0 spiro atoms. The minimum Gasteiger partial charge on any atom is -0.453 e. The van der Waals surface area contributed by atoms with Gasteiger partial charge in [0.2, 0.25) is 0 Å². The molecule has 4 heteroatoms. The Bertz CT molecular complexity index is 587. The van der Waals surface area contributed by atoms with Crippen molar-refractivity contribution in [1.82, 2.24) is 0 Å². The van der Waals surface area contributed by atoms with Crippen molar-refractivity contribution in [3.05, 3.63) is 45.9 Å². The van der Waals surface area contributed by atoms with Gasteiger partial charge in [-0.15, -0.1) is 0 Å². The van der Waals surface area contributed by atoms with Crippen LogP contribution in [-0.2, 0) is 0 Å². The molecule has 1 aromatic heterocycles. The van der Waals surface area contributed by atoms with Crippen LogP contribution >= 0.6 is 15.9 Å². The summed E-state index contributed by atoms with van der Waals surface area (Å²) >= 11 is 3.12. The molecule has 1 aromatic carbocycles. The molecule has 0 saturated carbocycles. The van der Waals surface area contributed by atoms with Crippen LogP contribution < -0.4 is 0 Å². The van der Waals surface area contributed by atoms with Gasteiger partial charge in [-0.05, 0) is 52.7 Å². The second-order valence-corrected chi connectivity index (χ2v) is 4.66. The molecule has 0 aliphatic carbocycles. The Morgan fingerprint density at radius 2 is 2.06 bits per heavy atom. The molecule has 0 aliphatic rings. The first kappa shape index (κ1) is 12.0. The van der Waals surface area contributed by atoms with Crippen molar-refractivity contribution in [2.45, 2.75) is 13.8 Å². The van der Waals surface area contributed by atoms with Crippen LogP contribution in [-0.4, -0.2) is 5.78 Å². The number of rotatable bonds is 2. The van der Waals surface area contributed by atoms with Crippen LogP contribution in [0.25, 0.3) is 11.3 Å². The van der Waals surface area contributed by atoms with Gasteiger partial charge in [0.1, 0.15) is 11.6 Å². The molecule has 0 amide bonds. The second-order valence-electron chi connectivity index (χ2n) is 3.80. The molecule has 0 fully saturated rings. The zero-order chi connectivity index (χ0) is 12.6. The molecule has 2 rings (SSSR count). The lowest BCUT2D eigenvalue weighted by atomic mass is 10.1. The van der Waals surface area contributed by atoms with Gasteiger partial charge in [0, 0.05) is 12.5 Å². The lowest BCUT2D eigenvalue weighted by Crippen LogP contribution is -1.88. The molecule has 0 radical (unpaired) electrons. The molecule has 2 nitrogen and oxygen atoms in total. The van der Waals surface area contributed by atoms with Gasteiger partial charge in [-0.3, -0.25) is 4.79 Å². The average molecular weight is 297 g/mol. The van der Waals surface area contributed by atoms with Gasteiger partial charge in [-0.2, -0.15) is 0 Å². The van der Waals surface area contributed by atoms with E-state index in [0.717, 1.165) is 5.56 Å². The van der Waals surface area contributed by atoms with Crippen LogP contribution in [0.3, 0.4) is 0 Å². The number of aryl methyl sites for hydroxylation is 1. The lowest BCUT2D eigenvalue weighted by Gasteiger charge is -2.04. The molecule has 0 saturated heterocycles. The maximum Gasteiger partial charge on any atom is 0.194 e. The Hall–Kier alpha value is -1.42. The highest BCUT2D eigenvalue weighted by atomic mass is 79.9. The summed E-state index contributed by atoms with van der Waals surface area (Å²) < 4.78 is 19.2. The number of benzene rings is 1. The highest BCUT2D eigenvalue weighted by Crippen LogP contribution is 2.29. The second kappa shape index (κ2) is 4.45. The van der Waals surface area contributed by atoms with Crippen LogP contribution in [0.4, 0.5) is 4.39 Å². The Morgan fingerprint density at radius 1 is 1.35 bits per heavy atom.